The van der Waals surface area contributed by atoms with E-state index in [2.05, 4.69) is 19.2 Å². The van der Waals surface area contributed by atoms with Crippen molar-refractivity contribution < 1.29 is 9.53 Å². The number of amides is 1. The molecule has 1 aliphatic carbocycles. The van der Waals surface area contributed by atoms with Gasteiger partial charge in [-0.2, -0.15) is 0 Å². The van der Waals surface area contributed by atoms with E-state index in [0.29, 0.717) is 11.4 Å². The maximum absolute atomic E-state index is 11.9. The Labute approximate surface area is 113 Å². The van der Waals surface area contributed by atoms with Crippen LogP contribution in [-0.4, -0.2) is 13.0 Å². The van der Waals surface area contributed by atoms with Crippen LogP contribution in [0.15, 0.2) is 18.2 Å². The first-order valence-corrected chi connectivity index (χ1v) is 5.68. The van der Waals surface area contributed by atoms with E-state index in [1.807, 2.05) is 0 Å². The number of methoxy groups -OCH3 is 1. The van der Waals surface area contributed by atoms with Gasteiger partial charge in [-0.15, -0.1) is 12.4 Å². The molecule has 1 amide bonds. The molecule has 1 aromatic rings. The van der Waals surface area contributed by atoms with Gasteiger partial charge in [0.05, 0.1) is 12.8 Å². The third-order valence-corrected chi connectivity index (χ3v) is 3.33. The van der Waals surface area contributed by atoms with Gasteiger partial charge in [-0.05, 0) is 30.0 Å². The Morgan fingerprint density at radius 2 is 2.11 bits per heavy atom. The smallest absolute Gasteiger partial charge is 0.228 e. The lowest BCUT2D eigenvalue weighted by atomic mass is 10.1. The zero-order valence-electron chi connectivity index (χ0n) is 10.8. The van der Waals surface area contributed by atoms with E-state index in [1.54, 1.807) is 25.3 Å². The minimum Gasteiger partial charge on any atom is -0.495 e. The van der Waals surface area contributed by atoms with E-state index in [1.165, 1.54) is 0 Å². The Balaban J connectivity index is 0.00000162. The maximum Gasteiger partial charge on any atom is 0.228 e. The molecule has 1 aromatic carbocycles. The Morgan fingerprint density at radius 1 is 1.50 bits per heavy atom. The fraction of sp³-hybridized carbons (Fsp3) is 0.462. The van der Waals surface area contributed by atoms with E-state index in [-0.39, 0.29) is 29.6 Å². The van der Waals surface area contributed by atoms with E-state index >= 15 is 0 Å². The van der Waals surface area contributed by atoms with Gasteiger partial charge >= 0.3 is 0 Å². The molecule has 0 saturated heterocycles. The van der Waals surface area contributed by atoms with Crippen LogP contribution in [0.2, 0.25) is 0 Å². The van der Waals surface area contributed by atoms with Gasteiger partial charge < -0.3 is 15.8 Å². The summed E-state index contributed by atoms with van der Waals surface area (Å²) in [6.07, 6.45) is 0.949. The average Bonchev–Trinajstić information content (AvgIpc) is 2.88. The fourth-order valence-electron chi connectivity index (χ4n) is 1.96. The van der Waals surface area contributed by atoms with E-state index in [0.717, 1.165) is 12.1 Å². The minimum absolute atomic E-state index is 0. The van der Waals surface area contributed by atoms with Crippen molar-refractivity contribution in [3.63, 3.8) is 0 Å². The number of carbonyl (C=O) groups is 1. The Hall–Kier alpha value is -1.42. The van der Waals surface area contributed by atoms with Crippen molar-refractivity contribution in [2.24, 2.45) is 11.3 Å². The second kappa shape index (κ2) is 5.06. The number of ether oxygens (including phenoxy) is 1. The van der Waals surface area contributed by atoms with Crippen LogP contribution < -0.4 is 15.8 Å². The molecule has 1 saturated carbocycles. The Morgan fingerprint density at radius 3 is 2.56 bits per heavy atom. The number of carbonyl (C=O) groups excluding carboxylic acids is 1. The van der Waals surface area contributed by atoms with E-state index < -0.39 is 0 Å². The lowest BCUT2D eigenvalue weighted by molar-refractivity contribution is -0.117. The Bertz CT molecular complexity index is 460. The van der Waals surface area contributed by atoms with Crippen molar-refractivity contribution in [3.8, 4) is 5.75 Å². The standard InChI is InChI=1S/C13H18N2O2.ClH/c1-13(2)7-9(13)12(16)15-8-4-5-11(17-3)10(14)6-8;/h4-6,9H,7,14H2,1-3H3,(H,15,16);1H. The predicted octanol–water partition coefficient (Wildman–Crippen LogP) is 2.68. The average molecular weight is 271 g/mol. The number of hydrogen-bond donors (Lipinski definition) is 2. The quantitative estimate of drug-likeness (QED) is 0.830. The first-order valence-electron chi connectivity index (χ1n) is 5.68. The molecule has 5 heteroatoms. The molecule has 0 aromatic heterocycles. The normalized spacial score (nSPS) is 19.6. The van der Waals surface area contributed by atoms with Gasteiger partial charge in [-0.25, -0.2) is 0 Å². The van der Waals surface area contributed by atoms with Crippen LogP contribution in [0.1, 0.15) is 20.3 Å². The zero-order valence-corrected chi connectivity index (χ0v) is 11.6. The SMILES string of the molecule is COc1ccc(NC(=O)C2CC2(C)C)cc1N.Cl. The Kier molecular flexibility index (Phi) is 4.12. The van der Waals surface area contributed by atoms with Crippen molar-refractivity contribution in [2.45, 2.75) is 20.3 Å². The number of nitrogens with two attached hydrogens (primary N) is 1. The second-order valence-electron chi connectivity index (χ2n) is 5.19. The first kappa shape index (κ1) is 14.6. The lowest BCUT2D eigenvalue weighted by Crippen LogP contribution is -2.16. The summed E-state index contributed by atoms with van der Waals surface area (Å²) >= 11 is 0. The second-order valence-corrected chi connectivity index (χ2v) is 5.19. The highest BCUT2D eigenvalue weighted by atomic mass is 35.5. The molecule has 0 bridgehead atoms. The molecule has 2 rings (SSSR count). The van der Waals surface area contributed by atoms with Crippen LogP contribution in [0, 0.1) is 11.3 Å². The summed E-state index contributed by atoms with van der Waals surface area (Å²) in [5.74, 6) is 0.806. The van der Waals surface area contributed by atoms with Crippen molar-refractivity contribution in [2.75, 3.05) is 18.2 Å². The van der Waals surface area contributed by atoms with Gasteiger partial charge in [0.1, 0.15) is 5.75 Å². The third-order valence-electron chi connectivity index (χ3n) is 3.33. The van der Waals surface area contributed by atoms with Crippen molar-refractivity contribution in [1.29, 1.82) is 0 Å². The van der Waals surface area contributed by atoms with Crippen LogP contribution in [-0.2, 0) is 4.79 Å². The molecule has 100 valence electrons. The molecular weight excluding hydrogens is 252 g/mol. The molecule has 1 atom stereocenters. The number of anilines is 2. The number of hydrogen-bond acceptors (Lipinski definition) is 3. The fourth-order valence-corrected chi connectivity index (χ4v) is 1.96. The predicted molar refractivity (Wildman–Crippen MR) is 75.2 cm³/mol. The van der Waals surface area contributed by atoms with Crippen LogP contribution in [0.3, 0.4) is 0 Å². The number of nitrogens with one attached hydrogen (secondary N) is 1. The molecule has 0 radical (unpaired) electrons. The molecule has 1 fully saturated rings. The summed E-state index contributed by atoms with van der Waals surface area (Å²) in [4.78, 5) is 11.9. The molecule has 1 unspecified atom stereocenters. The summed E-state index contributed by atoms with van der Waals surface area (Å²) < 4.78 is 5.06. The van der Waals surface area contributed by atoms with Crippen LogP contribution in [0.4, 0.5) is 11.4 Å². The summed E-state index contributed by atoms with van der Waals surface area (Å²) in [5.41, 5.74) is 7.16. The van der Waals surface area contributed by atoms with Crippen molar-refractivity contribution in [1.82, 2.24) is 0 Å². The molecule has 0 heterocycles. The lowest BCUT2D eigenvalue weighted by Gasteiger charge is -2.09. The number of halogens is 1. The van der Waals surface area contributed by atoms with Crippen LogP contribution in [0.25, 0.3) is 0 Å². The summed E-state index contributed by atoms with van der Waals surface area (Å²) in [6.45, 7) is 4.19. The van der Waals surface area contributed by atoms with Crippen molar-refractivity contribution in [3.05, 3.63) is 18.2 Å². The molecule has 4 nitrogen and oxygen atoms in total. The largest absolute Gasteiger partial charge is 0.495 e. The molecule has 3 N–H and O–H groups in total. The summed E-state index contributed by atoms with van der Waals surface area (Å²) in [6, 6.07) is 5.26. The van der Waals surface area contributed by atoms with Crippen molar-refractivity contribution >= 4 is 29.7 Å². The highest BCUT2D eigenvalue weighted by Crippen LogP contribution is 2.52. The van der Waals surface area contributed by atoms with E-state index in [4.69, 9.17) is 10.5 Å². The topological polar surface area (TPSA) is 64.3 Å². The highest BCUT2D eigenvalue weighted by Gasteiger charge is 2.50. The molecule has 0 spiro atoms. The maximum atomic E-state index is 11.9. The number of benzene rings is 1. The monoisotopic (exact) mass is 270 g/mol. The first-order chi connectivity index (χ1) is 7.94. The van der Waals surface area contributed by atoms with Crippen LogP contribution >= 0.6 is 12.4 Å². The summed E-state index contributed by atoms with van der Waals surface area (Å²) in [5, 5.41) is 2.88. The van der Waals surface area contributed by atoms with Gasteiger partial charge in [0, 0.05) is 11.6 Å². The molecule has 1 aliphatic rings. The number of nitrogen functional groups attached to an aromatic ring is 1. The zero-order chi connectivity index (χ0) is 12.6. The minimum atomic E-state index is 0. The molecule has 0 aliphatic heterocycles. The molecular formula is C13H19ClN2O2. The number of rotatable bonds is 3. The van der Waals surface area contributed by atoms with Gasteiger partial charge in [0.25, 0.3) is 0 Å². The van der Waals surface area contributed by atoms with Gasteiger partial charge in [-0.3, -0.25) is 4.79 Å². The third kappa shape index (κ3) is 2.88. The van der Waals surface area contributed by atoms with Gasteiger partial charge in [-0.1, -0.05) is 13.8 Å². The van der Waals surface area contributed by atoms with Crippen LogP contribution in [0.5, 0.6) is 5.75 Å². The van der Waals surface area contributed by atoms with Gasteiger partial charge in [0.2, 0.25) is 5.91 Å². The molecule has 18 heavy (non-hydrogen) atoms. The highest BCUT2D eigenvalue weighted by molar-refractivity contribution is 5.95. The van der Waals surface area contributed by atoms with Gasteiger partial charge in [0.15, 0.2) is 0 Å². The van der Waals surface area contributed by atoms with E-state index in [9.17, 15) is 4.79 Å². The summed E-state index contributed by atoms with van der Waals surface area (Å²) in [7, 11) is 1.57.